The van der Waals surface area contributed by atoms with Crippen molar-refractivity contribution >= 4 is 5.65 Å². The van der Waals surface area contributed by atoms with E-state index in [0.717, 1.165) is 23.3 Å². The van der Waals surface area contributed by atoms with Crippen molar-refractivity contribution in [2.75, 3.05) is 0 Å². The molecule has 2 aromatic heterocycles. The molecule has 0 fully saturated rings. The van der Waals surface area contributed by atoms with Crippen LogP contribution in [0.5, 0.6) is 0 Å². The van der Waals surface area contributed by atoms with Crippen LogP contribution in [-0.2, 0) is 6.42 Å². The minimum Gasteiger partial charge on any atom is -0.307 e. The van der Waals surface area contributed by atoms with Gasteiger partial charge in [0.05, 0.1) is 5.69 Å². The Morgan fingerprint density at radius 2 is 1.88 bits per heavy atom. The minimum absolute atomic E-state index is 0.205. The van der Waals surface area contributed by atoms with Crippen LogP contribution in [0.25, 0.3) is 5.65 Å². The molecule has 1 aromatic carbocycles. The van der Waals surface area contributed by atoms with E-state index in [-0.39, 0.29) is 5.82 Å². The Balaban J connectivity index is 1.92. The lowest BCUT2D eigenvalue weighted by atomic mass is 10.1. The number of benzene rings is 1. The molecule has 0 bridgehead atoms. The minimum atomic E-state index is -0.205. The molecule has 3 heteroatoms. The molecule has 3 rings (SSSR count). The van der Waals surface area contributed by atoms with Gasteiger partial charge >= 0.3 is 0 Å². The van der Waals surface area contributed by atoms with Crippen molar-refractivity contribution in [3.63, 3.8) is 0 Å². The summed E-state index contributed by atoms with van der Waals surface area (Å²) in [5.74, 6) is -0.205. The van der Waals surface area contributed by atoms with Gasteiger partial charge < -0.3 is 4.40 Å². The van der Waals surface area contributed by atoms with Gasteiger partial charge in [-0.15, -0.1) is 0 Å². The van der Waals surface area contributed by atoms with Gasteiger partial charge in [-0.3, -0.25) is 0 Å². The second kappa shape index (κ2) is 4.01. The van der Waals surface area contributed by atoms with Gasteiger partial charge in [0.15, 0.2) is 0 Å². The van der Waals surface area contributed by atoms with Gasteiger partial charge in [0.1, 0.15) is 11.5 Å². The maximum absolute atomic E-state index is 12.8. The van der Waals surface area contributed by atoms with Crippen LogP contribution in [-0.4, -0.2) is 9.38 Å². The van der Waals surface area contributed by atoms with E-state index in [9.17, 15) is 4.39 Å². The summed E-state index contributed by atoms with van der Waals surface area (Å²) in [6, 6.07) is 12.4. The summed E-state index contributed by atoms with van der Waals surface area (Å²) in [5, 5.41) is 0. The second-order valence-electron chi connectivity index (χ2n) is 4.00. The first-order valence-electron chi connectivity index (χ1n) is 5.48. The Labute approximate surface area is 98.4 Å². The first-order chi connectivity index (χ1) is 8.31. The third-order valence-corrected chi connectivity index (χ3v) is 2.71. The maximum Gasteiger partial charge on any atom is 0.136 e. The van der Waals surface area contributed by atoms with Crippen LogP contribution in [0.1, 0.15) is 11.3 Å². The van der Waals surface area contributed by atoms with E-state index in [0.29, 0.717) is 0 Å². The van der Waals surface area contributed by atoms with E-state index in [4.69, 9.17) is 0 Å². The van der Waals surface area contributed by atoms with E-state index in [1.165, 1.54) is 12.1 Å². The van der Waals surface area contributed by atoms with Crippen LogP contribution in [0.2, 0.25) is 0 Å². The number of imidazole rings is 1. The quantitative estimate of drug-likeness (QED) is 0.656. The molecule has 0 aliphatic rings. The highest BCUT2D eigenvalue weighted by Gasteiger charge is 2.02. The van der Waals surface area contributed by atoms with Gasteiger partial charge in [-0.25, -0.2) is 9.37 Å². The lowest BCUT2D eigenvalue weighted by molar-refractivity contribution is 0.627. The molecule has 84 valence electrons. The van der Waals surface area contributed by atoms with Gasteiger partial charge in [0.25, 0.3) is 0 Å². The molecule has 0 spiro atoms. The number of nitrogens with zero attached hydrogens (tertiary/aromatic N) is 2. The molecular weight excluding hydrogens is 215 g/mol. The highest BCUT2D eigenvalue weighted by Crippen LogP contribution is 2.11. The SMILES string of the molecule is Fc1ccc(Cc2cn3ccccc3n2)cc1. The molecule has 0 radical (unpaired) electrons. The van der Waals surface area contributed by atoms with Crippen molar-refractivity contribution < 1.29 is 4.39 Å². The van der Waals surface area contributed by atoms with Gasteiger partial charge in [0.2, 0.25) is 0 Å². The molecule has 17 heavy (non-hydrogen) atoms. The fourth-order valence-electron chi connectivity index (χ4n) is 1.88. The van der Waals surface area contributed by atoms with Crippen LogP contribution in [0.4, 0.5) is 4.39 Å². The number of hydrogen-bond acceptors (Lipinski definition) is 1. The fraction of sp³-hybridized carbons (Fsp3) is 0.0714. The zero-order valence-electron chi connectivity index (χ0n) is 9.18. The predicted molar refractivity (Wildman–Crippen MR) is 64.4 cm³/mol. The lowest BCUT2D eigenvalue weighted by Crippen LogP contribution is -1.88. The van der Waals surface area contributed by atoms with Gasteiger partial charge in [-0.1, -0.05) is 18.2 Å². The molecule has 0 amide bonds. The number of rotatable bonds is 2. The lowest BCUT2D eigenvalue weighted by Gasteiger charge is -1.96. The largest absolute Gasteiger partial charge is 0.307 e. The van der Waals surface area contributed by atoms with Crippen molar-refractivity contribution in [2.24, 2.45) is 0 Å². The average Bonchev–Trinajstić information content (AvgIpc) is 2.74. The predicted octanol–water partition coefficient (Wildman–Crippen LogP) is 3.06. The summed E-state index contributed by atoms with van der Waals surface area (Å²) in [5.41, 5.74) is 2.99. The molecule has 0 aliphatic heterocycles. The smallest absolute Gasteiger partial charge is 0.136 e. The van der Waals surface area contributed by atoms with Crippen LogP contribution in [0.15, 0.2) is 54.9 Å². The third-order valence-electron chi connectivity index (χ3n) is 2.71. The highest BCUT2D eigenvalue weighted by molar-refractivity contribution is 5.40. The first kappa shape index (κ1) is 10.0. The molecule has 0 N–H and O–H groups in total. The van der Waals surface area contributed by atoms with E-state index < -0.39 is 0 Å². The average molecular weight is 226 g/mol. The van der Waals surface area contributed by atoms with E-state index in [2.05, 4.69) is 4.98 Å². The topological polar surface area (TPSA) is 17.3 Å². The summed E-state index contributed by atoms with van der Waals surface area (Å²) in [6.07, 6.45) is 4.69. The maximum atomic E-state index is 12.8. The highest BCUT2D eigenvalue weighted by atomic mass is 19.1. The van der Waals surface area contributed by atoms with Gasteiger partial charge in [-0.05, 0) is 29.8 Å². The van der Waals surface area contributed by atoms with Crippen molar-refractivity contribution in [1.82, 2.24) is 9.38 Å². The first-order valence-corrected chi connectivity index (χ1v) is 5.48. The van der Waals surface area contributed by atoms with E-state index >= 15 is 0 Å². The Morgan fingerprint density at radius 3 is 2.65 bits per heavy atom. The molecule has 0 atom stereocenters. The fourth-order valence-corrected chi connectivity index (χ4v) is 1.88. The van der Waals surface area contributed by atoms with Gasteiger partial charge in [-0.2, -0.15) is 0 Å². The number of hydrogen-bond donors (Lipinski definition) is 0. The second-order valence-corrected chi connectivity index (χ2v) is 4.00. The molecule has 0 unspecified atom stereocenters. The summed E-state index contributed by atoms with van der Waals surface area (Å²) < 4.78 is 14.8. The van der Waals surface area contributed by atoms with Crippen molar-refractivity contribution in [3.05, 3.63) is 71.9 Å². The Kier molecular flexibility index (Phi) is 2.37. The molecule has 2 nitrogen and oxygen atoms in total. The number of aromatic nitrogens is 2. The summed E-state index contributed by atoms with van der Waals surface area (Å²) in [7, 11) is 0. The summed E-state index contributed by atoms with van der Waals surface area (Å²) in [4.78, 5) is 4.50. The van der Waals surface area contributed by atoms with Crippen molar-refractivity contribution in [2.45, 2.75) is 6.42 Å². The standard InChI is InChI=1S/C14H11FN2/c15-12-6-4-11(5-7-12)9-13-10-17-8-2-1-3-14(17)16-13/h1-8,10H,9H2. The Bertz CT molecular complexity index is 608. The zero-order chi connectivity index (χ0) is 11.7. The van der Waals surface area contributed by atoms with Crippen LogP contribution >= 0.6 is 0 Å². The third kappa shape index (κ3) is 2.04. The number of halogens is 1. The van der Waals surface area contributed by atoms with E-state index in [1.54, 1.807) is 12.1 Å². The van der Waals surface area contributed by atoms with Crippen molar-refractivity contribution in [1.29, 1.82) is 0 Å². The van der Waals surface area contributed by atoms with Crippen LogP contribution in [0, 0.1) is 5.82 Å². The summed E-state index contributed by atoms with van der Waals surface area (Å²) >= 11 is 0. The molecular formula is C14H11FN2. The van der Waals surface area contributed by atoms with Crippen LogP contribution < -0.4 is 0 Å². The number of fused-ring (bicyclic) bond motifs is 1. The Hall–Kier alpha value is -2.16. The van der Waals surface area contributed by atoms with E-state index in [1.807, 2.05) is 35.0 Å². The van der Waals surface area contributed by atoms with Crippen LogP contribution in [0.3, 0.4) is 0 Å². The molecule has 0 saturated carbocycles. The Morgan fingerprint density at radius 1 is 1.06 bits per heavy atom. The number of pyridine rings is 1. The van der Waals surface area contributed by atoms with Gasteiger partial charge in [0, 0.05) is 18.8 Å². The molecule has 0 saturated heterocycles. The molecule has 2 heterocycles. The molecule has 3 aromatic rings. The summed E-state index contributed by atoms with van der Waals surface area (Å²) in [6.45, 7) is 0. The monoisotopic (exact) mass is 226 g/mol. The van der Waals surface area contributed by atoms with Crippen molar-refractivity contribution in [3.8, 4) is 0 Å². The zero-order valence-corrected chi connectivity index (χ0v) is 9.18. The normalized spacial score (nSPS) is 10.9. The molecule has 0 aliphatic carbocycles.